The highest BCUT2D eigenvalue weighted by atomic mass is 35.5. The Labute approximate surface area is 344 Å². The van der Waals surface area contributed by atoms with Gasteiger partial charge in [-0.1, -0.05) is 44.6 Å². The topological polar surface area (TPSA) is 158 Å². The molecule has 0 unspecified atom stereocenters. The van der Waals surface area contributed by atoms with Crippen LogP contribution in [0, 0.1) is 29.6 Å². The highest BCUT2D eigenvalue weighted by Crippen LogP contribution is 2.39. The summed E-state index contributed by atoms with van der Waals surface area (Å²) in [6.07, 6.45) is 6.39. The van der Waals surface area contributed by atoms with Crippen molar-refractivity contribution in [3.05, 3.63) is 36.0 Å². The SMILES string of the molecule is C=CC[C@@H]1/C=C(\C)C[C@H](C)C[C@H](OC)[C@H]2O[C@@](O)(C(=O)C(=O)N3CCCC[C@H]3C(=O)O[C@H](/C(C)=C/[C@@H]3CC[C@H](Cl)[C@H](OC)C3)[C@H](C)[C@@H](O)CC1=O)[C@H](C)C[C@@H]2OC. The Kier molecular flexibility index (Phi) is 17.6. The van der Waals surface area contributed by atoms with Crippen molar-refractivity contribution in [3.63, 3.8) is 0 Å². The van der Waals surface area contributed by atoms with Gasteiger partial charge in [0, 0.05) is 52.0 Å². The summed E-state index contributed by atoms with van der Waals surface area (Å²) in [4.78, 5) is 57.9. The van der Waals surface area contributed by atoms with Crippen molar-refractivity contribution in [1.29, 1.82) is 0 Å². The van der Waals surface area contributed by atoms with Crippen LogP contribution in [0.4, 0.5) is 0 Å². The molecule has 12 nitrogen and oxygen atoms in total. The summed E-state index contributed by atoms with van der Waals surface area (Å²) in [5.74, 6) is -7.57. The van der Waals surface area contributed by atoms with E-state index >= 15 is 0 Å². The number of rotatable bonds is 7. The van der Waals surface area contributed by atoms with Gasteiger partial charge in [-0.05, 0) is 95.5 Å². The maximum absolute atomic E-state index is 14.3. The number of halogens is 1. The van der Waals surface area contributed by atoms with Crippen molar-refractivity contribution in [1.82, 2.24) is 4.90 Å². The third kappa shape index (κ3) is 11.4. The molecule has 0 aromatic carbocycles. The molecule has 13 heteroatoms. The third-order valence-corrected chi connectivity index (χ3v) is 13.3. The number of allylic oxidation sites excluding steroid dienone is 4. The fraction of sp³-hybridized carbons (Fsp3) is 0.773. The maximum Gasteiger partial charge on any atom is 0.329 e. The number of ether oxygens (including phenoxy) is 5. The summed E-state index contributed by atoms with van der Waals surface area (Å²) in [6, 6.07) is -1.13. The Morgan fingerprint density at radius 1 is 0.982 bits per heavy atom. The number of ketones is 2. The largest absolute Gasteiger partial charge is 0.456 e. The summed E-state index contributed by atoms with van der Waals surface area (Å²) < 4.78 is 29.9. The summed E-state index contributed by atoms with van der Waals surface area (Å²) in [5.41, 5.74) is 1.66. The van der Waals surface area contributed by atoms with Crippen molar-refractivity contribution in [2.45, 2.75) is 159 Å². The van der Waals surface area contributed by atoms with Gasteiger partial charge in [0.1, 0.15) is 24.0 Å². The van der Waals surface area contributed by atoms with Gasteiger partial charge in [0.15, 0.2) is 0 Å². The maximum atomic E-state index is 14.3. The van der Waals surface area contributed by atoms with Crippen LogP contribution in [0.25, 0.3) is 0 Å². The van der Waals surface area contributed by atoms with Crippen molar-refractivity contribution < 1.29 is 53.1 Å². The molecule has 3 fully saturated rings. The van der Waals surface area contributed by atoms with Crippen LogP contribution < -0.4 is 0 Å². The number of piperidine rings is 1. The van der Waals surface area contributed by atoms with E-state index in [0.717, 1.165) is 18.4 Å². The van der Waals surface area contributed by atoms with E-state index in [1.165, 1.54) is 19.1 Å². The molecule has 0 radical (unpaired) electrons. The molecule has 0 aromatic rings. The Morgan fingerprint density at radius 2 is 1.65 bits per heavy atom. The van der Waals surface area contributed by atoms with Gasteiger partial charge in [0.25, 0.3) is 11.7 Å². The van der Waals surface area contributed by atoms with Gasteiger partial charge in [0.2, 0.25) is 5.79 Å². The van der Waals surface area contributed by atoms with E-state index in [0.29, 0.717) is 44.1 Å². The standard InChI is InChI=1S/C44H68ClNO11/c1-10-13-31-19-25(2)18-26(3)20-37(54-8)40-38(55-9)22-28(5)44(52,57-40)41(49)42(50)46-17-12-11-14-33(46)43(51)56-39(29(6)34(47)24-35(31)48)27(4)21-30-15-16-32(45)36(23-30)53-7/h10,19,21,26,28-34,36-40,47,52H,1,11-18,20,22-24H2,2-9H3/b25-19+,27-21+/t26-,28+,29+,30-,31+,32-,33-,34-,36+,37-,38-,39+,40+,44+/m0/s1. The van der Waals surface area contributed by atoms with Crippen molar-refractivity contribution >= 4 is 35.0 Å². The van der Waals surface area contributed by atoms with E-state index in [9.17, 15) is 29.4 Å². The molecule has 3 heterocycles. The van der Waals surface area contributed by atoms with E-state index < -0.39 is 77.8 Å². The number of hydrogen-bond acceptors (Lipinski definition) is 11. The summed E-state index contributed by atoms with van der Waals surface area (Å²) in [5, 5.41) is 23.6. The van der Waals surface area contributed by atoms with E-state index in [1.54, 1.807) is 27.0 Å². The van der Waals surface area contributed by atoms with Crippen molar-refractivity contribution in [3.8, 4) is 0 Å². The smallest absolute Gasteiger partial charge is 0.329 e. The van der Waals surface area contributed by atoms with Crippen LogP contribution in [-0.2, 0) is 42.9 Å². The molecule has 322 valence electrons. The van der Waals surface area contributed by atoms with Crippen molar-refractivity contribution in [2.24, 2.45) is 29.6 Å². The number of aliphatic hydroxyl groups excluding tert-OH is 1. The second-order valence-electron chi connectivity index (χ2n) is 17.2. The number of cyclic esters (lactones) is 1. The van der Waals surface area contributed by atoms with E-state index in [-0.39, 0.29) is 54.9 Å². The van der Waals surface area contributed by atoms with Crippen LogP contribution in [-0.4, -0.2) is 120 Å². The first-order valence-electron chi connectivity index (χ1n) is 20.8. The predicted molar refractivity (Wildman–Crippen MR) is 216 cm³/mol. The summed E-state index contributed by atoms with van der Waals surface area (Å²) in [6.45, 7) is 13.2. The van der Waals surface area contributed by atoms with E-state index in [1.807, 2.05) is 32.9 Å². The average Bonchev–Trinajstić information content (AvgIpc) is 3.18. The van der Waals surface area contributed by atoms with Crippen LogP contribution in [0.15, 0.2) is 36.0 Å². The van der Waals surface area contributed by atoms with E-state index in [2.05, 4.69) is 6.58 Å². The first-order valence-corrected chi connectivity index (χ1v) is 21.3. The fourth-order valence-electron chi connectivity index (χ4n) is 9.39. The zero-order valence-electron chi connectivity index (χ0n) is 35.3. The fourth-order valence-corrected chi connectivity index (χ4v) is 9.73. The lowest BCUT2D eigenvalue weighted by Gasteiger charge is -2.47. The van der Waals surface area contributed by atoms with Gasteiger partial charge in [-0.25, -0.2) is 4.79 Å². The molecule has 2 saturated heterocycles. The minimum absolute atomic E-state index is 0.0164. The van der Waals surface area contributed by atoms with Crippen LogP contribution in [0.1, 0.15) is 105 Å². The molecule has 2 bridgehead atoms. The van der Waals surface area contributed by atoms with Crippen LogP contribution in [0.2, 0.25) is 0 Å². The minimum atomic E-state index is -2.50. The lowest BCUT2D eigenvalue weighted by molar-refractivity contribution is -0.302. The molecule has 1 amide bonds. The Morgan fingerprint density at radius 3 is 2.30 bits per heavy atom. The lowest BCUT2D eigenvalue weighted by Crippen LogP contribution is -2.64. The lowest BCUT2D eigenvalue weighted by atomic mass is 9.82. The quantitative estimate of drug-likeness (QED) is 0.137. The van der Waals surface area contributed by atoms with Gasteiger partial charge in [-0.2, -0.15) is 0 Å². The monoisotopic (exact) mass is 821 g/mol. The second-order valence-corrected chi connectivity index (χ2v) is 17.8. The van der Waals surface area contributed by atoms with Gasteiger partial charge in [-0.3, -0.25) is 14.4 Å². The molecule has 0 spiro atoms. The first-order chi connectivity index (χ1) is 27.0. The Balaban J connectivity index is 1.78. The molecule has 4 rings (SSSR count). The molecule has 14 atom stereocenters. The number of amides is 1. The van der Waals surface area contributed by atoms with Gasteiger partial charge < -0.3 is 38.8 Å². The number of hydrogen-bond donors (Lipinski definition) is 2. The number of esters is 1. The zero-order valence-corrected chi connectivity index (χ0v) is 36.1. The second kappa shape index (κ2) is 21.2. The Bertz CT molecular complexity index is 1480. The van der Waals surface area contributed by atoms with Crippen LogP contribution >= 0.6 is 11.6 Å². The number of carbonyl (C=O) groups excluding carboxylic acids is 4. The van der Waals surface area contributed by atoms with Gasteiger partial charge in [0.05, 0.1) is 29.8 Å². The van der Waals surface area contributed by atoms with Crippen LogP contribution in [0.5, 0.6) is 0 Å². The minimum Gasteiger partial charge on any atom is -0.456 e. The molecule has 57 heavy (non-hydrogen) atoms. The van der Waals surface area contributed by atoms with Gasteiger partial charge >= 0.3 is 5.97 Å². The molecule has 4 aliphatic rings. The first kappa shape index (κ1) is 47.2. The van der Waals surface area contributed by atoms with Crippen LogP contribution in [0.3, 0.4) is 0 Å². The molecule has 3 aliphatic heterocycles. The molecular weight excluding hydrogens is 754 g/mol. The average molecular weight is 822 g/mol. The number of aliphatic hydroxyl groups is 2. The number of fused-ring (bicyclic) bond motifs is 3. The zero-order chi connectivity index (χ0) is 42.2. The number of alkyl halides is 1. The van der Waals surface area contributed by atoms with Crippen molar-refractivity contribution in [2.75, 3.05) is 27.9 Å². The molecule has 1 aliphatic carbocycles. The number of carbonyl (C=O) groups is 4. The number of methoxy groups -OCH3 is 3. The molecular formula is C44H68ClNO11. The van der Waals surface area contributed by atoms with Gasteiger partial charge in [-0.15, -0.1) is 18.2 Å². The highest BCUT2D eigenvalue weighted by Gasteiger charge is 2.56. The molecule has 1 saturated carbocycles. The highest BCUT2D eigenvalue weighted by molar-refractivity contribution is 6.39. The third-order valence-electron chi connectivity index (χ3n) is 12.8. The Hall–Kier alpha value is -2.45. The molecule has 0 aromatic heterocycles. The summed E-state index contributed by atoms with van der Waals surface area (Å²) >= 11 is 6.53. The predicted octanol–water partition coefficient (Wildman–Crippen LogP) is 5.89. The number of nitrogens with zero attached hydrogens (tertiary/aromatic N) is 1. The normalized spacial score (nSPS) is 41.0. The summed E-state index contributed by atoms with van der Waals surface area (Å²) in [7, 11) is 4.70. The number of Topliss-reactive ketones (excluding diaryl/α,β-unsaturated/α-hetero) is 2. The van der Waals surface area contributed by atoms with E-state index in [4.69, 9.17) is 35.3 Å². The molecule has 2 N–H and O–H groups in total.